The molecule has 0 fully saturated rings. The van der Waals surface area contributed by atoms with Gasteiger partial charge in [-0.1, -0.05) is 7.43 Å². The summed E-state index contributed by atoms with van der Waals surface area (Å²) >= 11 is 0. The second kappa shape index (κ2) is 16.4. The molecule has 0 aromatic rings. The van der Waals surface area contributed by atoms with Gasteiger partial charge < -0.3 is 4.74 Å². The van der Waals surface area contributed by atoms with E-state index in [0.717, 1.165) is 0 Å². The van der Waals surface area contributed by atoms with Gasteiger partial charge in [0.25, 0.3) is 0 Å². The van der Waals surface area contributed by atoms with Crippen LogP contribution in [-0.2, 0) is 9.53 Å². The van der Waals surface area contributed by atoms with Gasteiger partial charge in [-0.15, -0.1) is 13.2 Å². The molecule has 0 spiro atoms. The fraction of sp³-hybridized carbons (Fsp3) is 0.500. The molecule has 2 nitrogen and oxygen atoms in total. The molecule has 0 aromatic carbocycles. The highest BCUT2D eigenvalue weighted by Crippen LogP contribution is 1.60. The van der Waals surface area contributed by atoms with E-state index in [4.69, 9.17) is 0 Å². The molecule has 0 N–H and O–H groups in total. The number of carbonyl (C=O) groups excluding carboxylic acids is 1. The first-order valence-electron chi connectivity index (χ1n) is 1.82. The van der Waals surface area contributed by atoms with Crippen LogP contribution in [-0.4, -0.2) is 13.1 Å². The lowest BCUT2D eigenvalue weighted by Crippen LogP contribution is -1.88. The van der Waals surface area contributed by atoms with Crippen LogP contribution in [0, 0.1) is 0 Å². The van der Waals surface area contributed by atoms with Crippen molar-refractivity contribution >= 4 is 5.97 Å². The Bertz CT molecular complexity index is 50.5. The molecule has 0 amide bonds. The Labute approximate surface area is 51.2 Å². The van der Waals surface area contributed by atoms with Crippen molar-refractivity contribution in [1.29, 1.82) is 0 Å². The van der Waals surface area contributed by atoms with E-state index in [2.05, 4.69) is 17.9 Å². The molecule has 0 saturated carbocycles. The maximum Gasteiger partial charge on any atom is 0.302 e. The van der Waals surface area contributed by atoms with Crippen molar-refractivity contribution in [3.05, 3.63) is 13.2 Å². The first-order chi connectivity index (χ1) is 3.27. The minimum absolute atomic E-state index is 0. The fourth-order valence-electron chi connectivity index (χ4n) is 0. The first-order valence-corrected chi connectivity index (χ1v) is 1.82. The van der Waals surface area contributed by atoms with Crippen molar-refractivity contribution in [2.45, 2.75) is 14.4 Å². The predicted molar refractivity (Wildman–Crippen MR) is 35.7 cm³/mol. The van der Waals surface area contributed by atoms with Gasteiger partial charge in [-0.3, -0.25) is 4.79 Å². The maximum absolute atomic E-state index is 9.59. The summed E-state index contributed by atoms with van der Waals surface area (Å²) in [6.07, 6.45) is 0. The van der Waals surface area contributed by atoms with Crippen LogP contribution in [0.2, 0.25) is 0 Å². The number of esters is 1. The van der Waals surface area contributed by atoms with Crippen molar-refractivity contribution < 1.29 is 9.53 Å². The quantitative estimate of drug-likeness (QED) is 0.357. The third-order valence-electron chi connectivity index (χ3n) is 0.287. The molecule has 0 atom stereocenters. The van der Waals surface area contributed by atoms with Gasteiger partial charge in [0.2, 0.25) is 0 Å². The number of hydrogen-bond donors (Lipinski definition) is 0. The zero-order valence-corrected chi connectivity index (χ0v) is 4.73. The average molecular weight is 118 g/mol. The van der Waals surface area contributed by atoms with Gasteiger partial charge in [0, 0.05) is 6.92 Å². The molecular formula is C6H14O2. The summed E-state index contributed by atoms with van der Waals surface area (Å²) in [7, 11) is 1.35. The topological polar surface area (TPSA) is 26.3 Å². The molecule has 2 heteroatoms. The molecular weight excluding hydrogens is 104 g/mol. The highest BCUT2D eigenvalue weighted by Gasteiger charge is 1.75. The zero-order valence-electron chi connectivity index (χ0n) is 4.73. The van der Waals surface area contributed by atoms with Crippen molar-refractivity contribution in [2.75, 3.05) is 7.11 Å². The maximum atomic E-state index is 9.59. The Morgan fingerprint density at radius 2 is 1.62 bits per heavy atom. The van der Waals surface area contributed by atoms with E-state index >= 15 is 0 Å². The van der Waals surface area contributed by atoms with E-state index < -0.39 is 0 Å². The molecule has 0 rings (SSSR count). The summed E-state index contributed by atoms with van der Waals surface area (Å²) in [6.45, 7) is 7.36. The minimum Gasteiger partial charge on any atom is -0.469 e. The molecule has 0 unspecified atom stereocenters. The molecule has 0 aliphatic rings. The Morgan fingerprint density at radius 1 is 1.50 bits per heavy atom. The molecule has 50 valence electrons. The van der Waals surface area contributed by atoms with Crippen LogP contribution in [0.3, 0.4) is 0 Å². The van der Waals surface area contributed by atoms with Crippen LogP contribution in [0.4, 0.5) is 0 Å². The largest absolute Gasteiger partial charge is 0.469 e. The standard InChI is InChI=1S/C3H6O2.C2H4.CH4/c1-3(4)5-2;1-2;/h1-2H3;1-2H2;1H4. The summed E-state index contributed by atoms with van der Waals surface area (Å²) in [6, 6.07) is 0. The number of rotatable bonds is 0. The molecule has 0 heterocycles. The van der Waals surface area contributed by atoms with Gasteiger partial charge in [0.05, 0.1) is 7.11 Å². The van der Waals surface area contributed by atoms with Crippen LogP contribution in [0.5, 0.6) is 0 Å². The molecule has 0 radical (unpaired) electrons. The highest BCUT2D eigenvalue weighted by atomic mass is 16.5. The second-order valence-corrected chi connectivity index (χ2v) is 0.696. The summed E-state index contributed by atoms with van der Waals surface area (Å²) < 4.78 is 4.11. The van der Waals surface area contributed by atoms with E-state index in [1.165, 1.54) is 14.0 Å². The Hall–Kier alpha value is -0.790. The van der Waals surface area contributed by atoms with Crippen LogP contribution >= 0.6 is 0 Å². The van der Waals surface area contributed by atoms with Gasteiger partial charge in [-0.2, -0.15) is 0 Å². The van der Waals surface area contributed by atoms with E-state index in [1.807, 2.05) is 0 Å². The van der Waals surface area contributed by atoms with Crippen molar-refractivity contribution in [3.8, 4) is 0 Å². The first kappa shape index (κ1) is 15.7. The lowest BCUT2D eigenvalue weighted by molar-refractivity contribution is -0.137. The van der Waals surface area contributed by atoms with E-state index in [1.54, 1.807) is 0 Å². The summed E-state index contributed by atoms with van der Waals surface area (Å²) in [5.41, 5.74) is 0. The molecule has 0 saturated heterocycles. The van der Waals surface area contributed by atoms with Gasteiger partial charge in [-0.25, -0.2) is 0 Å². The Balaban J connectivity index is -0.0000000750. The highest BCUT2D eigenvalue weighted by molar-refractivity contribution is 5.65. The number of methoxy groups -OCH3 is 1. The van der Waals surface area contributed by atoms with Crippen LogP contribution in [0.1, 0.15) is 14.4 Å². The van der Waals surface area contributed by atoms with E-state index in [0.29, 0.717) is 0 Å². The van der Waals surface area contributed by atoms with Crippen molar-refractivity contribution in [3.63, 3.8) is 0 Å². The molecule has 8 heavy (non-hydrogen) atoms. The summed E-state index contributed by atoms with van der Waals surface area (Å²) in [5.74, 6) is -0.245. The van der Waals surface area contributed by atoms with Gasteiger partial charge in [0.15, 0.2) is 0 Å². The van der Waals surface area contributed by atoms with Crippen LogP contribution in [0.25, 0.3) is 0 Å². The second-order valence-electron chi connectivity index (χ2n) is 0.696. The summed E-state index contributed by atoms with van der Waals surface area (Å²) in [5, 5.41) is 0. The number of carbonyl (C=O) groups is 1. The SMILES string of the molecule is C.C=C.COC(C)=O. The molecule has 0 aromatic heterocycles. The molecule has 0 bridgehead atoms. The van der Waals surface area contributed by atoms with Crippen molar-refractivity contribution in [2.24, 2.45) is 0 Å². The third-order valence-corrected chi connectivity index (χ3v) is 0.287. The normalized spacial score (nSPS) is 4.75. The zero-order chi connectivity index (χ0) is 6.28. The fourth-order valence-corrected chi connectivity index (χ4v) is 0. The lowest BCUT2D eigenvalue weighted by Gasteiger charge is -1.80. The van der Waals surface area contributed by atoms with Gasteiger partial charge >= 0.3 is 5.97 Å². The monoisotopic (exact) mass is 118 g/mol. The van der Waals surface area contributed by atoms with E-state index in [-0.39, 0.29) is 13.4 Å². The number of hydrogen-bond acceptors (Lipinski definition) is 2. The van der Waals surface area contributed by atoms with Gasteiger partial charge in [-0.05, 0) is 0 Å². The number of ether oxygens (including phenoxy) is 1. The lowest BCUT2D eigenvalue weighted by atomic mass is 10.8. The summed E-state index contributed by atoms with van der Waals surface area (Å²) in [4.78, 5) is 9.59. The smallest absolute Gasteiger partial charge is 0.302 e. The van der Waals surface area contributed by atoms with Crippen molar-refractivity contribution in [1.82, 2.24) is 0 Å². The van der Waals surface area contributed by atoms with Crippen LogP contribution < -0.4 is 0 Å². The molecule has 0 aliphatic carbocycles. The Morgan fingerprint density at radius 3 is 1.62 bits per heavy atom. The van der Waals surface area contributed by atoms with Crippen LogP contribution in [0.15, 0.2) is 13.2 Å². The average Bonchev–Trinajstić information content (AvgIpc) is 1.73. The minimum atomic E-state index is -0.245. The van der Waals surface area contributed by atoms with E-state index in [9.17, 15) is 4.79 Å². The third kappa shape index (κ3) is 63.1. The Kier molecular flexibility index (Phi) is 32.1. The van der Waals surface area contributed by atoms with Gasteiger partial charge in [0.1, 0.15) is 0 Å². The predicted octanol–water partition coefficient (Wildman–Crippen LogP) is 1.62. The molecule has 0 aliphatic heterocycles.